The van der Waals surface area contributed by atoms with Gasteiger partial charge in [0.2, 0.25) is 0 Å². The minimum absolute atomic E-state index is 0.0152. The van der Waals surface area contributed by atoms with Crippen molar-refractivity contribution in [2.24, 2.45) is 0 Å². The molecule has 0 spiro atoms. The molecule has 0 amide bonds. The fraction of sp³-hybridized carbons (Fsp3) is 0. The maximum absolute atomic E-state index is 12.5. The van der Waals surface area contributed by atoms with Gasteiger partial charge in [0.1, 0.15) is 5.39 Å². The molecule has 0 aliphatic rings. The Morgan fingerprint density at radius 2 is 2.23 bits per heavy atom. The van der Waals surface area contributed by atoms with Gasteiger partial charge in [0, 0.05) is 0 Å². The van der Waals surface area contributed by atoms with E-state index in [4.69, 9.17) is 0 Å². The minimum atomic E-state index is -0.628. The van der Waals surface area contributed by atoms with Gasteiger partial charge in [-0.3, -0.25) is 9.78 Å². The van der Waals surface area contributed by atoms with E-state index in [-0.39, 0.29) is 15.9 Å². The van der Waals surface area contributed by atoms with Crippen LogP contribution in [0.3, 0.4) is 0 Å². The quantitative estimate of drug-likeness (QED) is 0.685. The number of H-pyrrole nitrogens is 1. The number of hydrogen-bond donors (Lipinski definition) is 1. The van der Waals surface area contributed by atoms with Crippen LogP contribution >= 0.6 is 22.9 Å². The first-order valence-corrected chi connectivity index (χ1v) is 4.13. The molecule has 2 heterocycles. The third kappa shape index (κ3) is 1.17. The Morgan fingerprint density at radius 3 is 2.92 bits per heavy atom. The Morgan fingerprint density at radius 1 is 1.54 bits per heavy atom. The van der Waals surface area contributed by atoms with Crippen LogP contribution < -0.4 is 11.2 Å². The lowest BCUT2D eigenvalue weighted by Crippen LogP contribution is -2.28. The molecule has 0 radical (unpaired) electrons. The van der Waals surface area contributed by atoms with E-state index in [0.717, 1.165) is 8.98 Å². The zero-order valence-corrected chi connectivity index (χ0v) is 8.15. The first-order valence-electron chi connectivity index (χ1n) is 3.16. The van der Waals surface area contributed by atoms with E-state index in [1.807, 2.05) is 0 Å². The predicted molar refractivity (Wildman–Crippen MR) is 50.5 cm³/mol. The number of hydrogen-bond acceptors (Lipinski definition) is 3. The highest BCUT2D eigenvalue weighted by Gasteiger charge is 2.08. The van der Waals surface area contributed by atoms with E-state index >= 15 is 0 Å². The van der Waals surface area contributed by atoms with Gasteiger partial charge in [0.05, 0.1) is 29.1 Å². The number of nitrogens with zero attached hydrogens (tertiary/aromatic N) is 3. The average molecular weight is 296 g/mol. The van der Waals surface area contributed by atoms with Crippen molar-refractivity contribution in [1.82, 2.24) is 17.8 Å². The summed E-state index contributed by atoms with van der Waals surface area (Å²) in [6, 6.07) is 0. The topological polar surface area (TPSA) is 72.7 Å². The van der Waals surface area contributed by atoms with Crippen LogP contribution in [0.5, 0.6) is 0 Å². The Balaban J connectivity index is 3.10. The zero-order valence-electron chi connectivity index (χ0n) is 5.99. The summed E-state index contributed by atoms with van der Waals surface area (Å²) in [4.78, 5) is 24.5. The average Bonchev–Trinajstić information content (AvgIpc) is 2.42. The minimum Gasteiger partial charge on any atom is -0.289 e. The van der Waals surface area contributed by atoms with Crippen LogP contribution in [0.1, 0.15) is 0 Å². The monoisotopic (exact) mass is 296 g/mol. The van der Waals surface area contributed by atoms with Crippen molar-refractivity contribution in [2.75, 3.05) is 0 Å². The van der Waals surface area contributed by atoms with E-state index < -0.39 is 11.2 Å². The molecule has 0 saturated heterocycles. The largest absolute Gasteiger partial charge is 0.339 e. The molecule has 0 bridgehead atoms. The van der Waals surface area contributed by atoms with Crippen molar-refractivity contribution in [3.8, 4) is 0 Å². The van der Waals surface area contributed by atoms with Gasteiger partial charge in [0.15, 0.2) is 5.65 Å². The molecule has 0 aliphatic heterocycles. The SMILES string of the molecule is O=c1[nH]c2nn(F)cc2c(=O)n1I. The Labute approximate surface area is 83.4 Å². The fourth-order valence-corrected chi connectivity index (χ4v) is 1.32. The highest BCUT2D eigenvalue weighted by molar-refractivity contribution is 14.1. The molecule has 2 aromatic heterocycles. The number of fused-ring (bicyclic) bond motifs is 1. The van der Waals surface area contributed by atoms with Crippen LogP contribution in [-0.2, 0) is 0 Å². The second kappa shape index (κ2) is 2.65. The molecule has 0 saturated carbocycles. The molecule has 0 aromatic carbocycles. The van der Waals surface area contributed by atoms with Gasteiger partial charge in [-0.2, -0.15) is 2.78 Å². The molecular formula is C5H2FIN4O2. The smallest absolute Gasteiger partial charge is 0.289 e. The summed E-state index contributed by atoms with van der Waals surface area (Å²) >= 11 is 1.53. The number of aromatic amines is 1. The van der Waals surface area contributed by atoms with E-state index in [9.17, 15) is 14.1 Å². The number of rotatable bonds is 0. The van der Waals surface area contributed by atoms with Crippen molar-refractivity contribution in [3.63, 3.8) is 0 Å². The summed E-state index contributed by atoms with van der Waals surface area (Å²) in [5.74, 6) is 0. The van der Waals surface area contributed by atoms with Crippen LogP contribution in [0.25, 0.3) is 11.0 Å². The lowest BCUT2D eigenvalue weighted by atomic mass is 10.4. The van der Waals surface area contributed by atoms with E-state index in [0.29, 0.717) is 0 Å². The molecule has 13 heavy (non-hydrogen) atoms. The van der Waals surface area contributed by atoms with Gasteiger partial charge >= 0.3 is 5.69 Å². The molecule has 6 nitrogen and oxygen atoms in total. The van der Waals surface area contributed by atoms with Crippen molar-refractivity contribution in [2.45, 2.75) is 0 Å². The van der Waals surface area contributed by atoms with Gasteiger partial charge in [-0.1, -0.05) is 4.48 Å². The van der Waals surface area contributed by atoms with E-state index in [1.54, 1.807) is 0 Å². The molecule has 0 atom stereocenters. The van der Waals surface area contributed by atoms with Crippen LogP contribution in [0.4, 0.5) is 4.48 Å². The highest BCUT2D eigenvalue weighted by Crippen LogP contribution is 2.01. The summed E-state index contributed by atoms with van der Waals surface area (Å²) in [5, 5.41) is 3.29. The van der Waals surface area contributed by atoms with Gasteiger partial charge in [-0.05, 0) is 0 Å². The molecule has 0 fully saturated rings. The van der Waals surface area contributed by atoms with Crippen LogP contribution in [0.2, 0.25) is 0 Å². The molecule has 68 valence electrons. The molecule has 0 unspecified atom stereocenters. The predicted octanol–water partition coefficient (Wildman–Crippen LogP) is -0.183. The van der Waals surface area contributed by atoms with Gasteiger partial charge in [0.25, 0.3) is 5.56 Å². The number of halogens is 2. The summed E-state index contributed by atoms with van der Waals surface area (Å²) in [5.41, 5.74) is -1.26. The lowest BCUT2D eigenvalue weighted by molar-refractivity contribution is 0.319. The normalized spacial score (nSPS) is 10.9. The number of nitrogens with one attached hydrogen (secondary N) is 1. The molecule has 1 N–H and O–H groups in total. The van der Waals surface area contributed by atoms with Crippen molar-refractivity contribution in [3.05, 3.63) is 27.0 Å². The number of aromatic nitrogens is 4. The van der Waals surface area contributed by atoms with E-state index in [1.165, 1.54) is 22.9 Å². The van der Waals surface area contributed by atoms with Gasteiger partial charge in [-0.15, -0.1) is 10.0 Å². The van der Waals surface area contributed by atoms with Crippen LogP contribution in [0, 0.1) is 0 Å². The Hall–Kier alpha value is -1.19. The zero-order chi connectivity index (χ0) is 9.59. The Bertz CT molecular complexity index is 582. The Kier molecular flexibility index (Phi) is 1.71. The van der Waals surface area contributed by atoms with Crippen molar-refractivity contribution >= 4 is 33.9 Å². The molecule has 0 aliphatic carbocycles. The third-order valence-corrected chi connectivity index (χ3v) is 2.37. The fourth-order valence-electron chi connectivity index (χ4n) is 0.943. The third-order valence-electron chi connectivity index (χ3n) is 1.50. The summed E-state index contributed by atoms with van der Waals surface area (Å²) in [6.45, 7) is 0. The van der Waals surface area contributed by atoms with E-state index in [2.05, 4.69) is 10.1 Å². The first kappa shape index (κ1) is 8.41. The standard InChI is InChI=1S/C5H2FIN4O2/c6-10-1-2-3(9-10)8-5(13)11(7)4(2)12/h1H,(H,8,9,13). The maximum atomic E-state index is 12.5. The molecule has 8 heteroatoms. The first-order chi connectivity index (χ1) is 6.09. The van der Waals surface area contributed by atoms with Gasteiger partial charge in [-0.25, -0.2) is 4.79 Å². The molecule has 2 aromatic rings. The van der Waals surface area contributed by atoms with Crippen molar-refractivity contribution in [1.29, 1.82) is 0 Å². The second-order valence-electron chi connectivity index (χ2n) is 2.30. The van der Waals surface area contributed by atoms with Crippen molar-refractivity contribution < 1.29 is 4.48 Å². The maximum Gasteiger partial charge on any atom is 0.339 e. The highest BCUT2D eigenvalue weighted by atomic mass is 127. The molecular weight excluding hydrogens is 294 g/mol. The van der Waals surface area contributed by atoms with Crippen LogP contribution in [0.15, 0.2) is 15.8 Å². The van der Waals surface area contributed by atoms with Crippen LogP contribution in [-0.4, -0.2) is 17.8 Å². The molecule has 2 rings (SSSR count). The second-order valence-corrected chi connectivity index (χ2v) is 3.26. The summed E-state index contributed by atoms with van der Waals surface area (Å²) in [6.07, 6.45) is 0.906. The van der Waals surface area contributed by atoms with Gasteiger partial charge < -0.3 is 0 Å². The summed E-state index contributed by atoms with van der Waals surface area (Å²) < 4.78 is 13.3. The lowest BCUT2D eigenvalue weighted by Gasteiger charge is -1.90. The summed E-state index contributed by atoms with van der Waals surface area (Å²) in [7, 11) is 0.